The summed E-state index contributed by atoms with van der Waals surface area (Å²) in [5, 5.41) is 2.77. The number of carbonyl (C=O) groups is 3. The van der Waals surface area contributed by atoms with E-state index in [-0.39, 0.29) is 24.0 Å². The molecule has 1 aromatic carbocycles. The summed E-state index contributed by atoms with van der Waals surface area (Å²) < 4.78 is 0. The van der Waals surface area contributed by atoms with Crippen molar-refractivity contribution < 1.29 is 14.4 Å². The van der Waals surface area contributed by atoms with E-state index in [4.69, 9.17) is 0 Å². The van der Waals surface area contributed by atoms with Gasteiger partial charge in [0.05, 0.1) is 0 Å². The molecule has 2 amide bonds. The molecule has 0 saturated heterocycles. The van der Waals surface area contributed by atoms with E-state index in [0.717, 1.165) is 13.0 Å². The number of nitrogens with zero attached hydrogens (tertiary/aromatic N) is 2. The van der Waals surface area contributed by atoms with Crippen LogP contribution in [0.3, 0.4) is 0 Å². The lowest BCUT2D eigenvalue weighted by atomic mass is 10.1. The summed E-state index contributed by atoms with van der Waals surface area (Å²) in [6.07, 6.45) is 1.10. The Kier molecular flexibility index (Phi) is 8.12. The molecule has 0 spiro atoms. The van der Waals surface area contributed by atoms with Crippen LogP contribution in [0.1, 0.15) is 37.0 Å². The Morgan fingerprint density at radius 3 is 2.33 bits per heavy atom. The number of rotatable bonds is 9. The smallest absolute Gasteiger partial charge is 0.226 e. The van der Waals surface area contributed by atoms with Crippen LogP contribution >= 0.6 is 0 Å². The van der Waals surface area contributed by atoms with E-state index in [1.165, 1.54) is 13.8 Å². The topological polar surface area (TPSA) is 69.7 Å². The van der Waals surface area contributed by atoms with Crippen LogP contribution in [0.4, 0.5) is 5.69 Å². The average Bonchev–Trinajstić information content (AvgIpc) is 2.50. The van der Waals surface area contributed by atoms with E-state index in [1.54, 1.807) is 29.2 Å². The molecule has 0 bridgehead atoms. The Morgan fingerprint density at radius 1 is 1.04 bits per heavy atom. The highest BCUT2D eigenvalue weighted by Crippen LogP contribution is 2.11. The summed E-state index contributed by atoms with van der Waals surface area (Å²) >= 11 is 0. The van der Waals surface area contributed by atoms with E-state index < -0.39 is 0 Å². The van der Waals surface area contributed by atoms with Crippen molar-refractivity contribution in [3.8, 4) is 0 Å². The number of hydrogen-bond donors (Lipinski definition) is 1. The first-order valence-corrected chi connectivity index (χ1v) is 8.10. The Bertz CT molecular complexity index is 585. The molecule has 6 nitrogen and oxygen atoms in total. The highest BCUT2D eigenvalue weighted by atomic mass is 16.2. The van der Waals surface area contributed by atoms with Crippen molar-refractivity contribution in [2.24, 2.45) is 0 Å². The zero-order valence-electron chi connectivity index (χ0n) is 15.0. The molecular weight excluding hydrogens is 306 g/mol. The molecule has 0 fully saturated rings. The van der Waals surface area contributed by atoms with Crippen LogP contribution < -0.4 is 5.32 Å². The van der Waals surface area contributed by atoms with Gasteiger partial charge in [0.2, 0.25) is 11.8 Å². The van der Waals surface area contributed by atoms with Gasteiger partial charge in [-0.15, -0.1) is 0 Å². The SMILES string of the molecule is CC(=O)c1cccc(NC(=O)CCN(CCCN(C)C)C(C)=O)c1. The molecule has 0 unspecified atom stereocenters. The third-order valence-corrected chi connectivity index (χ3v) is 3.64. The van der Waals surface area contributed by atoms with Crippen molar-refractivity contribution in [3.63, 3.8) is 0 Å². The largest absolute Gasteiger partial charge is 0.342 e. The van der Waals surface area contributed by atoms with E-state index in [0.29, 0.717) is 24.3 Å². The van der Waals surface area contributed by atoms with Gasteiger partial charge in [-0.1, -0.05) is 12.1 Å². The maximum atomic E-state index is 12.1. The second-order valence-electron chi connectivity index (χ2n) is 6.10. The molecule has 0 aromatic heterocycles. The van der Waals surface area contributed by atoms with E-state index in [2.05, 4.69) is 10.2 Å². The van der Waals surface area contributed by atoms with Crippen molar-refractivity contribution in [1.29, 1.82) is 0 Å². The van der Waals surface area contributed by atoms with Crippen LogP contribution in [0.5, 0.6) is 0 Å². The fourth-order valence-electron chi connectivity index (χ4n) is 2.28. The van der Waals surface area contributed by atoms with Gasteiger partial charge in [0.15, 0.2) is 5.78 Å². The average molecular weight is 333 g/mol. The lowest BCUT2D eigenvalue weighted by molar-refractivity contribution is -0.129. The van der Waals surface area contributed by atoms with Crippen molar-refractivity contribution in [1.82, 2.24) is 9.80 Å². The molecule has 132 valence electrons. The van der Waals surface area contributed by atoms with Gasteiger partial charge in [-0.05, 0) is 46.1 Å². The summed E-state index contributed by atoms with van der Waals surface area (Å²) in [5.41, 5.74) is 1.15. The molecule has 24 heavy (non-hydrogen) atoms. The molecule has 0 aliphatic rings. The number of ketones is 1. The maximum absolute atomic E-state index is 12.1. The summed E-state index contributed by atoms with van der Waals surface area (Å²) in [4.78, 5) is 38.8. The van der Waals surface area contributed by atoms with Crippen LogP contribution in [-0.4, -0.2) is 61.1 Å². The van der Waals surface area contributed by atoms with E-state index in [9.17, 15) is 14.4 Å². The molecule has 0 radical (unpaired) electrons. The Morgan fingerprint density at radius 2 is 1.75 bits per heavy atom. The first-order valence-electron chi connectivity index (χ1n) is 8.10. The second-order valence-corrected chi connectivity index (χ2v) is 6.10. The van der Waals surface area contributed by atoms with Gasteiger partial charge in [0, 0.05) is 37.7 Å². The molecule has 1 aromatic rings. The molecular formula is C18H27N3O3. The number of nitrogens with one attached hydrogen (secondary N) is 1. The normalized spacial score (nSPS) is 10.5. The summed E-state index contributed by atoms with van der Waals surface area (Å²) in [7, 11) is 3.97. The zero-order valence-corrected chi connectivity index (χ0v) is 15.0. The Hall–Kier alpha value is -2.21. The van der Waals surface area contributed by atoms with Crippen LogP contribution in [-0.2, 0) is 9.59 Å². The molecule has 0 saturated carbocycles. The van der Waals surface area contributed by atoms with E-state index in [1.807, 2.05) is 14.1 Å². The lowest BCUT2D eigenvalue weighted by Crippen LogP contribution is -2.34. The molecule has 0 aliphatic carbocycles. The van der Waals surface area contributed by atoms with Crippen LogP contribution in [0.15, 0.2) is 24.3 Å². The highest BCUT2D eigenvalue weighted by Gasteiger charge is 2.11. The summed E-state index contributed by atoms with van der Waals surface area (Å²) in [6.45, 7) is 4.93. The Balaban J connectivity index is 2.49. The molecule has 1 rings (SSSR count). The van der Waals surface area contributed by atoms with Crippen LogP contribution in [0, 0.1) is 0 Å². The molecule has 0 atom stereocenters. The number of hydrogen-bond acceptors (Lipinski definition) is 4. The number of carbonyl (C=O) groups excluding carboxylic acids is 3. The van der Waals surface area contributed by atoms with E-state index >= 15 is 0 Å². The minimum atomic E-state index is -0.172. The van der Waals surface area contributed by atoms with Gasteiger partial charge in [-0.25, -0.2) is 0 Å². The van der Waals surface area contributed by atoms with Crippen LogP contribution in [0.25, 0.3) is 0 Å². The third-order valence-electron chi connectivity index (χ3n) is 3.64. The fourth-order valence-corrected chi connectivity index (χ4v) is 2.28. The van der Waals surface area contributed by atoms with Crippen LogP contribution in [0.2, 0.25) is 0 Å². The van der Waals surface area contributed by atoms with Crippen molar-refractivity contribution in [2.45, 2.75) is 26.7 Å². The van der Waals surface area contributed by atoms with Gasteiger partial charge in [0.1, 0.15) is 0 Å². The lowest BCUT2D eigenvalue weighted by Gasteiger charge is -2.21. The molecule has 0 aliphatic heterocycles. The zero-order chi connectivity index (χ0) is 18.1. The quantitative estimate of drug-likeness (QED) is 0.702. The Labute approximate surface area is 143 Å². The standard InChI is InChI=1S/C18H27N3O3/c1-14(22)16-7-5-8-17(13-16)19-18(24)9-12-21(15(2)23)11-6-10-20(3)4/h5,7-8,13H,6,9-12H2,1-4H3,(H,19,24). The molecule has 0 heterocycles. The first kappa shape index (κ1) is 19.8. The first-order chi connectivity index (χ1) is 11.3. The molecule has 6 heteroatoms. The predicted octanol–water partition coefficient (Wildman–Crippen LogP) is 2.02. The monoisotopic (exact) mass is 333 g/mol. The number of Topliss-reactive ketones (excluding diaryl/α,β-unsaturated/α-hetero) is 1. The van der Waals surface area contributed by atoms with Gasteiger partial charge < -0.3 is 15.1 Å². The van der Waals surface area contributed by atoms with Gasteiger partial charge in [0.25, 0.3) is 0 Å². The van der Waals surface area contributed by atoms with Crippen molar-refractivity contribution in [3.05, 3.63) is 29.8 Å². The fraction of sp³-hybridized carbons (Fsp3) is 0.500. The summed E-state index contributed by atoms with van der Waals surface area (Å²) in [5.74, 6) is -0.246. The third kappa shape index (κ3) is 7.37. The second kappa shape index (κ2) is 9.82. The van der Waals surface area contributed by atoms with Gasteiger partial charge in [-0.2, -0.15) is 0 Å². The molecule has 1 N–H and O–H groups in total. The number of anilines is 1. The number of benzene rings is 1. The summed E-state index contributed by atoms with van der Waals surface area (Å²) in [6, 6.07) is 6.83. The predicted molar refractivity (Wildman–Crippen MR) is 95.1 cm³/mol. The minimum absolute atomic E-state index is 0.0277. The highest BCUT2D eigenvalue weighted by molar-refractivity contribution is 5.97. The van der Waals surface area contributed by atoms with Crippen molar-refractivity contribution >= 4 is 23.3 Å². The van der Waals surface area contributed by atoms with Gasteiger partial charge in [-0.3, -0.25) is 14.4 Å². The minimum Gasteiger partial charge on any atom is -0.342 e. The number of amides is 2. The van der Waals surface area contributed by atoms with Gasteiger partial charge >= 0.3 is 0 Å². The maximum Gasteiger partial charge on any atom is 0.226 e. The van der Waals surface area contributed by atoms with Crippen molar-refractivity contribution in [2.75, 3.05) is 39.0 Å².